The van der Waals surface area contributed by atoms with Gasteiger partial charge in [-0.05, 0) is 53.4 Å². The first-order chi connectivity index (χ1) is 23.4. The summed E-state index contributed by atoms with van der Waals surface area (Å²) in [6.07, 6.45) is 1.59. The molecule has 0 spiro atoms. The summed E-state index contributed by atoms with van der Waals surface area (Å²) < 4.78 is 22.1. The zero-order valence-electron chi connectivity index (χ0n) is 28.0. The molecule has 5 N–H and O–H groups in total. The second-order valence-electron chi connectivity index (χ2n) is 12.0. The van der Waals surface area contributed by atoms with Crippen LogP contribution in [-0.2, 0) is 10.2 Å². The maximum Gasteiger partial charge on any atom is 0.341 e. The van der Waals surface area contributed by atoms with Crippen LogP contribution < -0.4 is 35.9 Å². The third kappa shape index (κ3) is 7.82. The van der Waals surface area contributed by atoms with Gasteiger partial charge in [0.1, 0.15) is 28.6 Å². The number of pyridine rings is 1. The number of hydrogen-bond acceptors (Lipinski definition) is 9. The molecule has 0 atom stereocenters. The SMILES string of the molecule is COC(=O)c1cc(C(C)(C)C)cc(NC(=O)Nc2ccc(Oc3ccnc(Nc4cc(OC)cc(C(N)=O)c4)c3)c3ccccc23)c1OC. The number of urea groups is 1. The minimum atomic E-state index is -0.587. The van der Waals surface area contributed by atoms with Crippen molar-refractivity contribution in [3.8, 4) is 23.0 Å². The van der Waals surface area contributed by atoms with Crippen molar-refractivity contribution in [2.24, 2.45) is 5.73 Å². The summed E-state index contributed by atoms with van der Waals surface area (Å²) in [5.74, 6) is 0.976. The molecule has 0 aliphatic carbocycles. The number of nitrogens with two attached hydrogens (primary N) is 1. The van der Waals surface area contributed by atoms with E-state index in [-0.39, 0.29) is 22.3 Å². The predicted molar refractivity (Wildman–Crippen MR) is 189 cm³/mol. The molecule has 0 unspecified atom stereocenters. The quantitative estimate of drug-likeness (QED) is 0.110. The molecule has 1 aromatic heterocycles. The highest BCUT2D eigenvalue weighted by Gasteiger charge is 2.24. The first-order valence-corrected chi connectivity index (χ1v) is 15.2. The number of aromatic nitrogens is 1. The molecule has 0 saturated carbocycles. The van der Waals surface area contributed by atoms with Gasteiger partial charge in [-0.3, -0.25) is 4.79 Å². The average molecular weight is 664 g/mol. The molecule has 0 saturated heterocycles. The van der Waals surface area contributed by atoms with Crippen LogP contribution in [0, 0.1) is 0 Å². The molecule has 0 aliphatic heterocycles. The minimum absolute atomic E-state index is 0.189. The molecule has 12 heteroatoms. The van der Waals surface area contributed by atoms with Crippen molar-refractivity contribution in [3.63, 3.8) is 0 Å². The van der Waals surface area contributed by atoms with Crippen molar-refractivity contribution in [1.29, 1.82) is 0 Å². The van der Waals surface area contributed by atoms with E-state index in [1.54, 1.807) is 60.8 Å². The van der Waals surface area contributed by atoms with Crippen LogP contribution in [-0.4, -0.2) is 44.2 Å². The van der Waals surface area contributed by atoms with Crippen LogP contribution in [0.1, 0.15) is 47.1 Å². The average Bonchev–Trinajstić information content (AvgIpc) is 3.08. The van der Waals surface area contributed by atoms with Gasteiger partial charge < -0.3 is 40.6 Å². The molecule has 3 amide bonds. The summed E-state index contributed by atoms with van der Waals surface area (Å²) in [5, 5.41) is 10.4. The zero-order chi connectivity index (χ0) is 35.3. The first kappa shape index (κ1) is 34.0. The molecule has 5 rings (SSSR count). The van der Waals surface area contributed by atoms with Crippen molar-refractivity contribution < 1.29 is 33.3 Å². The van der Waals surface area contributed by atoms with E-state index in [9.17, 15) is 14.4 Å². The number of esters is 1. The Bertz CT molecular complexity index is 2060. The van der Waals surface area contributed by atoms with E-state index in [1.165, 1.54) is 21.3 Å². The van der Waals surface area contributed by atoms with Crippen molar-refractivity contribution in [2.45, 2.75) is 26.2 Å². The Hall–Kier alpha value is -6.30. The number of carbonyl (C=O) groups is 3. The molecule has 1 heterocycles. The lowest BCUT2D eigenvalue weighted by molar-refractivity contribution is 0.0596. The lowest BCUT2D eigenvalue weighted by Crippen LogP contribution is -2.22. The normalized spacial score (nSPS) is 11.0. The van der Waals surface area contributed by atoms with Gasteiger partial charge in [-0.2, -0.15) is 0 Å². The highest BCUT2D eigenvalue weighted by Crippen LogP contribution is 2.38. The largest absolute Gasteiger partial charge is 0.497 e. The number of benzene rings is 4. The maximum absolute atomic E-state index is 13.4. The fourth-order valence-corrected chi connectivity index (χ4v) is 5.13. The molecule has 49 heavy (non-hydrogen) atoms. The highest BCUT2D eigenvalue weighted by atomic mass is 16.5. The Morgan fingerprint density at radius 2 is 1.51 bits per heavy atom. The molecular formula is C37H37N5O7. The van der Waals surface area contributed by atoms with Gasteiger partial charge in [0.2, 0.25) is 5.91 Å². The summed E-state index contributed by atoms with van der Waals surface area (Å²) >= 11 is 0. The maximum atomic E-state index is 13.4. The number of nitrogens with zero attached hydrogens (tertiary/aromatic N) is 1. The summed E-state index contributed by atoms with van der Waals surface area (Å²) in [7, 11) is 4.21. The molecule has 0 aliphatic rings. The van der Waals surface area contributed by atoms with Crippen molar-refractivity contribution in [1.82, 2.24) is 4.98 Å². The summed E-state index contributed by atoms with van der Waals surface area (Å²) in [6.45, 7) is 6.00. The number of nitrogens with one attached hydrogen (secondary N) is 3. The van der Waals surface area contributed by atoms with Gasteiger partial charge in [-0.25, -0.2) is 14.6 Å². The topological polar surface area (TPSA) is 163 Å². The third-order valence-electron chi connectivity index (χ3n) is 7.60. The van der Waals surface area contributed by atoms with Crippen LogP contribution in [0.15, 0.2) is 85.1 Å². The van der Waals surface area contributed by atoms with Gasteiger partial charge in [0.15, 0.2) is 5.75 Å². The lowest BCUT2D eigenvalue weighted by Gasteiger charge is -2.23. The van der Waals surface area contributed by atoms with E-state index >= 15 is 0 Å². The smallest absolute Gasteiger partial charge is 0.341 e. The summed E-state index contributed by atoms with van der Waals surface area (Å²) in [4.78, 5) is 42.1. The van der Waals surface area contributed by atoms with Gasteiger partial charge in [-0.15, -0.1) is 0 Å². The van der Waals surface area contributed by atoms with E-state index in [4.69, 9.17) is 24.7 Å². The van der Waals surface area contributed by atoms with Crippen LogP contribution in [0.4, 0.5) is 27.7 Å². The molecule has 0 radical (unpaired) electrons. The van der Waals surface area contributed by atoms with Gasteiger partial charge in [-0.1, -0.05) is 45.0 Å². The summed E-state index contributed by atoms with van der Waals surface area (Å²) in [6, 6.07) is 22.2. The van der Waals surface area contributed by atoms with Crippen molar-refractivity contribution in [3.05, 3.63) is 102 Å². The first-order valence-electron chi connectivity index (χ1n) is 15.2. The number of methoxy groups -OCH3 is 3. The Labute approximate surface area is 283 Å². The Balaban J connectivity index is 1.39. The molecule has 252 valence electrons. The van der Waals surface area contributed by atoms with Crippen molar-refractivity contribution in [2.75, 3.05) is 37.3 Å². The molecule has 12 nitrogen and oxygen atoms in total. The Morgan fingerprint density at radius 3 is 2.18 bits per heavy atom. The molecule has 5 aromatic rings. The second kappa shape index (κ2) is 14.2. The number of ether oxygens (including phenoxy) is 4. The number of fused-ring (bicyclic) bond motifs is 1. The standard InChI is InChI=1S/C37H37N5O7/c1-37(2,3)22-17-28(35(44)48-6)33(47-5)30(18-22)42-36(45)41-29-11-12-31(27-10-8-7-9-26(27)29)49-24-13-14-39-32(20-24)40-23-15-21(34(38)43)16-25(19-23)46-4/h7-20H,1-6H3,(H2,38,43)(H,39,40)(H2,41,42,45). The molecular weight excluding hydrogens is 626 g/mol. The highest BCUT2D eigenvalue weighted by molar-refractivity contribution is 6.09. The zero-order valence-corrected chi connectivity index (χ0v) is 28.0. The van der Waals surface area contributed by atoms with Gasteiger partial charge >= 0.3 is 12.0 Å². The number of primary amides is 1. The molecule has 0 fully saturated rings. The van der Waals surface area contributed by atoms with E-state index in [1.807, 2.05) is 45.0 Å². The Morgan fingerprint density at radius 1 is 0.776 bits per heavy atom. The second-order valence-corrected chi connectivity index (χ2v) is 12.0. The van der Waals surface area contributed by atoms with E-state index in [0.717, 1.165) is 16.3 Å². The van der Waals surface area contributed by atoms with Crippen LogP contribution in [0.25, 0.3) is 10.8 Å². The van der Waals surface area contributed by atoms with Gasteiger partial charge in [0.05, 0.1) is 32.7 Å². The number of amides is 3. The predicted octanol–water partition coefficient (Wildman–Crippen LogP) is 7.61. The Kier molecular flexibility index (Phi) is 9.88. The number of rotatable bonds is 10. The fraction of sp³-hybridized carbons (Fsp3) is 0.189. The number of hydrogen-bond donors (Lipinski definition) is 4. The van der Waals surface area contributed by atoms with Crippen LogP contribution >= 0.6 is 0 Å². The number of anilines is 4. The third-order valence-corrected chi connectivity index (χ3v) is 7.60. The van der Waals surface area contributed by atoms with Crippen LogP contribution in [0.2, 0.25) is 0 Å². The van der Waals surface area contributed by atoms with Gasteiger partial charge in [0, 0.05) is 40.4 Å². The monoisotopic (exact) mass is 663 g/mol. The molecule has 0 bridgehead atoms. The van der Waals surface area contributed by atoms with E-state index < -0.39 is 17.9 Å². The number of carbonyl (C=O) groups excluding carboxylic acids is 3. The van der Waals surface area contributed by atoms with Crippen LogP contribution in [0.3, 0.4) is 0 Å². The lowest BCUT2D eigenvalue weighted by atomic mass is 9.85. The molecule has 4 aromatic carbocycles. The fourth-order valence-electron chi connectivity index (χ4n) is 5.13. The van der Waals surface area contributed by atoms with Crippen LogP contribution in [0.5, 0.6) is 23.0 Å². The van der Waals surface area contributed by atoms with E-state index in [2.05, 4.69) is 20.9 Å². The van der Waals surface area contributed by atoms with Crippen molar-refractivity contribution >= 4 is 51.6 Å². The van der Waals surface area contributed by atoms with E-state index in [0.29, 0.717) is 40.1 Å². The minimum Gasteiger partial charge on any atom is -0.497 e. The summed E-state index contributed by atoms with van der Waals surface area (Å²) in [5.41, 5.74) is 7.84. The van der Waals surface area contributed by atoms with Gasteiger partial charge in [0.25, 0.3) is 0 Å².